The first-order valence-corrected chi connectivity index (χ1v) is 5.06. The van der Waals surface area contributed by atoms with Crippen molar-refractivity contribution in [3.63, 3.8) is 0 Å². The Morgan fingerprint density at radius 3 is 2.69 bits per heavy atom. The first-order chi connectivity index (χ1) is 7.81. The second-order valence-corrected chi connectivity index (χ2v) is 3.43. The monoisotopic (exact) mass is 220 g/mol. The van der Waals surface area contributed by atoms with Gasteiger partial charge in [0.15, 0.2) is 0 Å². The maximum absolute atomic E-state index is 13.4. The topological polar surface area (TPSA) is 51.2 Å². The number of hydrogen-bond donors (Lipinski definition) is 2. The minimum absolute atomic E-state index is 0.216. The van der Waals surface area contributed by atoms with Crippen molar-refractivity contribution in [3.05, 3.63) is 54.2 Å². The number of halogens is 1. The third kappa shape index (κ3) is 2.23. The fourth-order valence-electron chi connectivity index (χ4n) is 1.50. The Hall–Kier alpha value is -1.81. The molecule has 0 saturated carbocycles. The molecule has 4 heteroatoms. The van der Waals surface area contributed by atoms with Gasteiger partial charge in [-0.05, 0) is 24.3 Å². The molecule has 0 aliphatic heterocycles. The molecule has 84 valence electrons. The Morgan fingerprint density at radius 2 is 2.06 bits per heavy atom. The van der Waals surface area contributed by atoms with Crippen LogP contribution in [-0.4, -0.2) is 6.54 Å². The minimum atomic E-state index is -0.299. The molecular weight excluding hydrogens is 207 g/mol. The van der Waals surface area contributed by atoms with Crippen LogP contribution >= 0.6 is 0 Å². The molecule has 0 radical (unpaired) electrons. The third-order valence-electron chi connectivity index (χ3n) is 2.33. The van der Waals surface area contributed by atoms with E-state index in [2.05, 4.69) is 5.32 Å². The molecule has 0 amide bonds. The van der Waals surface area contributed by atoms with Crippen molar-refractivity contribution in [3.8, 4) is 0 Å². The molecule has 0 bridgehead atoms. The standard InChI is InChI=1S/C12H13FN2O/c13-9-4-1-2-5-10(9)15-11(8-14)12-6-3-7-16-12/h1-7,11,15H,8,14H2. The van der Waals surface area contributed by atoms with E-state index in [4.69, 9.17) is 10.2 Å². The number of para-hydroxylation sites is 1. The van der Waals surface area contributed by atoms with Crippen molar-refractivity contribution >= 4 is 5.69 Å². The lowest BCUT2D eigenvalue weighted by Gasteiger charge is -2.16. The van der Waals surface area contributed by atoms with Gasteiger partial charge in [-0.3, -0.25) is 0 Å². The largest absolute Gasteiger partial charge is 0.467 e. The van der Waals surface area contributed by atoms with Gasteiger partial charge in [-0.2, -0.15) is 0 Å². The summed E-state index contributed by atoms with van der Waals surface area (Å²) < 4.78 is 18.6. The zero-order chi connectivity index (χ0) is 11.4. The van der Waals surface area contributed by atoms with E-state index in [0.29, 0.717) is 18.0 Å². The number of rotatable bonds is 4. The van der Waals surface area contributed by atoms with Gasteiger partial charge >= 0.3 is 0 Å². The van der Waals surface area contributed by atoms with E-state index in [-0.39, 0.29) is 11.9 Å². The molecule has 1 unspecified atom stereocenters. The molecule has 1 aromatic heterocycles. The molecule has 0 aliphatic carbocycles. The normalized spacial score (nSPS) is 12.4. The summed E-state index contributed by atoms with van der Waals surface area (Å²) in [5.41, 5.74) is 6.04. The Labute approximate surface area is 93.1 Å². The van der Waals surface area contributed by atoms with Gasteiger partial charge in [0.1, 0.15) is 11.6 Å². The summed E-state index contributed by atoms with van der Waals surface area (Å²) in [6.45, 7) is 0.335. The van der Waals surface area contributed by atoms with Crippen molar-refractivity contribution in [1.82, 2.24) is 0 Å². The summed E-state index contributed by atoms with van der Waals surface area (Å²) in [5.74, 6) is 0.401. The zero-order valence-electron chi connectivity index (χ0n) is 8.69. The molecular formula is C12H13FN2O. The Balaban J connectivity index is 2.17. The molecule has 0 aliphatic rings. The smallest absolute Gasteiger partial charge is 0.146 e. The van der Waals surface area contributed by atoms with E-state index in [1.807, 2.05) is 6.07 Å². The highest BCUT2D eigenvalue weighted by molar-refractivity contribution is 5.46. The number of nitrogens with one attached hydrogen (secondary N) is 1. The van der Waals surface area contributed by atoms with Crippen LogP contribution in [0.25, 0.3) is 0 Å². The van der Waals surface area contributed by atoms with Crippen LogP contribution < -0.4 is 11.1 Å². The van der Waals surface area contributed by atoms with E-state index in [1.165, 1.54) is 6.07 Å². The van der Waals surface area contributed by atoms with Crippen LogP contribution in [0.1, 0.15) is 11.8 Å². The lowest BCUT2D eigenvalue weighted by atomic mass is 10.2. The highest BCUT2D eigenvalue weighted by Crippen LogP contribution is 2.21. The summed E-state index contributed by atoms with van der Waals surface area (Å²) in [6.07, 6.45) is 1.57. The first-order valence-electron chi connectivity index (χ1n) is 5.06. The highest BCUT2D eigenvalue weighted by Gasteiger charge is 2.13. The minimum Gasteiger partial charge on any atom is -0.467 e. The van der Waals surface area contributed by atoms with Gasteiger partial charge in [-0.1, -0.05) is 12.1 Å². The Bertz CT molecular complexity index is 442. The summed E-state index contributed by atoms with van der Waals surface area (Å²) >= 11 is 0. The number of benzene rings is 1. The summed E-state index contributed by atoms with van der Waals surface area (Å²) in [4.78, 5) is 0. The van der Waals surface area contributed by atoms with Crippen molar-refractivity contribution in [1.29, 1.82) is 0 Å². The molecule has 2 rings (SSSR count). The van der Waals surface area contributed by atoms with Crippen LogP contribution in [0.5, 0.6) is 0 Å². The van der Waals surface area contributed by atoms with Crippen LogP contribution in [0.2, 0.25) is 0 Å². The fourth-order valence-corrected chi connectivity index (χ4v) is 1.50. The molecule has 1 aromatic carbocycles. The molecule has 0 fully saturated rings. The number of nitrogens with two attached hydrogens (primary N) is 1. The van der Waals surface area contributed by atoms with E-state index in [9.17, 15) is 4.39 Å². The third-order valence-corrected chi connectivity index (χ3v) is 2.33. The molecule has 0 spiro atoms. The van der Waals surface area contributed by atoms with Crippen LogP contribution in [0, 0.1) is 5.82 Å². The van der Waals surface area contributed by atoms with Crippen molar-refractivity contribution in [2.45, 2.75) is 6.04 Å². The van der Waals surface area contributed by atoms with E-state index < -0.39 is 0 Å². The van der Waals surface area contributed by atoms with Crippen LogP contribution in [0.15, 0.2) is 47.1 Å². The predicted molar refractivity (Wildman–Crippen MR) is 60.5 cm³/mol. The average Bonchev–Trinajstić information content (AvgIpc) is 2.81. The van der Waals surface area contributed by atoms with Gasteiger partial charge in [0, 0.05) is 6.54 Å². The maximum Gasteiger partial charge on any atom is 0.146 e. The highest BCUT2D eigenvalue weighted by atomic mass is 19.1. The van der Waals surface area contributed by atoms with E-state index >= 15 is 0 Å². The second kappa shape index (κ2) is 4.81. The van der Waals surface area contributed by atoms with Gasteiger partial charge in [-0.15, -0.1) is 0 Å². The van der Waals surface area contributed by atoms with Gasteiger partial charge in [0.2, 0.25) is 0 Å². The molecule has 3 nitrogen and oxygen atoms in total. The van der Waals surface area contributed by atoms with Crippen molar-refractivity contribution in [2.24, 2.45) is 5.73 Å². The molecule has 2 aromatic rings. The molecule has 0 saturated heterocycles. The van der Waals surface area contributed by atoms with Crippen molar-refractivity contribution in [2.75, 3.05) is 11.9 Å². The van der Waals surface area contributed by atoms with Crippen LogP contribution in [-0.2, 0) is 0 Å². The van der Waals surface area contributed by atoms with Gasteiger partial charge in [-0.25, -0.2) is 4.39 Å². The SMILES string of the molecule is NCC(Nc1ccccc1F)c1ccco1. The summed E-state index contributed by atoms with van der Waals surface area (Å²) in [5, 5.41) is 3.01. The Kier molecular flexibility index (Phi) is 3.22. The summed E-state index contributed by atoms with van der Waals surface area (Å²) in [7, 11) is 0. The fraction of sp³-hybridized carbons (Fsp3) is 0.167. The summed E-state index contributed by atoms with van der Waals surface area (Å²) in [6, 6.07) is 9.85. The quantitative estimate of drug-likeness (QED) is 0.832. The van der Waals surface area contributed by atoms with Gasteiger partial charge in [0.25, 0.3) is 0 Å². The van der Waals surface area contributed by atoms with Gasteiger partial charge < -0.3 is 15.5 Å². The van der Waals surface area contributed by atoms with E-state index in [1.54, 1.807) is 30.5 Å². The lowest BCUT2D eigenvalue weighted by molar-refractivity contribution is 0.480. The van der Waals surface area contributed by atoms with Crippen molar-refractivity contribution < 1.29 is 8.81 Å². The molecule has 1 heterocycles. The second-order valence-electron chi connectivity index (χ2n) is 3.43. The van der Waals surface area contributed by atoms with Crippen LogP contribution in [0.4, 0.5) is 10.1 Å². The average molecular weight is 220 g/mol. The van der Waals surface area contributed by atoms with Gasteiger partial charge in [0.05, 0.1) is 18.0 Å². The maximum atomic E-state index is 13.4. The Morgan fingerprint density at radius 1 is 1.25 bits per heavy atom. The first kappa shape index (κ1) is 10.7. The number of anilines is 1. The lowest BCUT2D eigenvalue weighted by Crippen LogP contribution is -2.20. The predicted octanol–water partition coefficient (Wildman–Crippen LogP) is 2.53. The molecule has 1 atom stereocenters. The van der Waals surface area contributed by atoms with E-state index in [0.717, 1.165) is 0 Å². The zero-order valence-corrected chi connectivity index (χ0v) is 8.69. The molecule has 3 N–H and O–H groups in total. The van der Waals surface area contributed by atoms with Crippen LogP contribution in [0.3, 0.4) is 0 Å². The number of hydrogen-bond acceptors (Lipinski definition) is 3. The molecule has 16 heavy (non-hydrogen) atoms. The number of furan rings is 1.